The van der Waals surface area contributed by atoms with E-state index in [1.807, 2.05) is 0 Å². The van der Waals surface area contributed by atoms with Crippen LogP contribution in [0.15, 0.2) is 38.8 Å². The van der Waals surface area contributed by atoms with Crippen LogP contribution in [0.2, 0.25) is 0 Å². The summed E-state index contributed by atoms with van der Waals surface area (Å²) < 4.78 is 5.72. The SMILES string of the molecule is O=C1O[C@@H](C2=C(O)c3ccccc3C2=O)C(Br)=C1Br. The minimum absolute atomic E-state index is 0.0795. The fourth-order valence-electron chi connectivity index (χ4n) is 2.14. The van der Waals surface area contributed by atoms with E-state index in [1.165, 1.54) is 0 Å². The number of aliphatic hydroxyl groups is 1. The Morgan fingerprint density at radius 2 is 1.74 bits per heavy atom. The van der Waals surface area contributed by atoms with Gasteiger partial charge in [-0.3, -0.25) is 4.79 Å². The van der Waals surface area contributed by atoms with Crippen molar-refractivity contribution >= 4 is 49.4 Å². The molecule has 0 radical (unpaired) electrons. The third-order valence-corrected chi connectivity index (χ3v) is 5.13. The van der Waals surface area contributed by atoms with E-state index >= 15 is 0 Å². The Hall–Kier alpha value is -1.40. The lowest BCUT2D eigenvalue weighted by Crippen LogP contribution is -2.18. The molecule has 1 aromatic carbocycles. The highest BCUT2D eigenvalue weighted by Gasteiger charge is 2.42. The van der Waals surface area contributed by atoms with E-state index < -0.39 is 12.1 Å². The molecule has 1 heterocycles. The van der Waals surface area contributed by atoms with E-state index in [9.17, 15) is 14.7 Å². The number of hydrogen-bond donors (Lipinski definition) is 1. The van der Waals surface area contributed by atoms with E-state index in [1.54, 1.807) is 24.3 Å². The molecule has 19 heavy (non-hydrogen) atoms. The number of cyclic esters (lactones) is 1. The molecule has 96 valence electrons. The first kappa shape index (κ1) is 12.6. The van der Waals surface area contributed by atoms with Gasteiger partial charge in [-0.05, 0) is 31.9 Å². The third kappa shape index (κ3) is 1.70. The molecule has 1 aliphatic heterocycles. The summed E-state index contributed by atoms with van der Waals surface area (Å²) >= 11 is 6.28. The zero-order chi connectivity index (χ0) is 13.7. The molecule has 0 fully saturated rings. The van der Waals surface area contributed by atoms with Gasteiger partial charge >= 0.3 is 5.97 Å². The molecule has 1 aromatic rings. The lowest BCUT2D eigenvalue weighted by Gasteiger charge is -2.11. The molecule has 0 amide bonds. The van der Waals surface area contributed by atoms with Crippen molar-refractivity contribution in [3.05, 3.63) is 49.9 Å². The number of ether oxygens (including phenoxy) is 1. The molecule has 1 atom stereocenters. The van der Waals surface area contributed by atoms with Crippen LogP contribution in [0.3, 0.4) is 0 Å². The molecule has 0 saturated carbocycles. The van der Waals surface area contributed by atoms with Crippen LogP contribution in [0.4, 0.5) is 0 Å². The summed E-state index contributed by atoms with van der Waals surface area (Å²) in [6.45, 7) is 0. The fraction of sp³-hybridized carbons (Fsp3) is 0.0769. The van der Waals surface area contributed by atoms with Gasteiger partial charge in [0, 0.05) is 11.1 Å². The number of rotatable bonds is 1. The standard InChI is InChI=1S/C13H6Br2O4/c14-8-9(15)13(18)19-12(8)7-10(16)5-3-1-2-4-6(5)11(7)17/h1-4,12,16H/t12-/m0/s1. The van der Waals surface area contributed by atoms with Crippen LogP contribution < -0.4 is 0 Å². The number of esters is 1. The lowest BCUT2D eigenvalue weighted by molar-refractivity contribution is -0.137. The summed E-state index contributed by atoms with van der Waals surface area (Å²) in [6, 6.07) is 6.73. The first-order valence-electron chi connectivity index (χ1n) is 5.35. The quantitative estimate of drug-likeness (QED) is 0.754. The molecule has 3 rings (SSSR count). The van der Waals surface area contributed by atoms with Gasteiger partial charge in [-0.25, -0.2) is 4.79 Å². The van der Waals surface area contributed by atoms with Gasteiger partial charge < -0.3 is 9.84 Å². The number of benzene rings is 1. The fourth-order valence-corrected chi connectivity index (χ4v) is 2.92. The largest absolute Gasteiger partial charge is 0.507 e. The van der Waals surface area contributed by atoms with Crippen molar-refractivity contribution in [2.45, 2.75) is 6.10 Å². The number of hydrogen-bond acceptors (Lipinski definition) is 4. The Morgan fingerprint density at radius 3 is 2.26 bits per heavy atom. The Labute approximate surface area is 125 Å². The molecule has 4 nitrogen and oxygen atoms in total. The summed E-state index contributed by atoms with van der Waals surface area (Å²) in [5, 5.41) is 10.2. The first-order valence-corrected chi connectivity index (χ1v) is 6.94. The number of carbonyl (C=O) groups excluding carboxylic acids is 2. The van der Waals surface area contributed by atoms with E-state index in [2.05, 4.69) is 31.9 Å². The van der Waals surface area contributed by atoms with Gasteiger partial charge in [-0.15, -0.1) is 0 Å². The smallest absolute Gasteiger partial charge is 0.347 e. The van der Waals surface area contributed by atoms with Crippen LogP contribution in [0.5, 0.6) is 0 Å². The van der Waals surface area contributed by atoms with Crippen molar-refractivity contribution in [3.8, 4) is 0 Å². The van der Waals surface area contributed by atoms with Crippen molar-refractivity contribution in [3.63, 3.8) is 0 Å². The molecule has 1 N–H and O–H groups in total. The van der Waals surface area contributed by atoms with Crippen molar-refractivity contribution < 1.29 is 19.4 Å². The molecule has 0 unspecified atom stereocenters. The van der Waals surface area contributed by atoms with Crippen LogP contribution in [-0.2, 0) is 9.53 Å². The number of fused-ring (bicyclic) bond motifs is 1. The minimum Gasteiger partial charge on any atom is -0.507 e. The van der Waals surface area contributed by atoms with Crippen molar-refractivity contribution in [1.82, 2.24) is 0 Å². The molecule has 6 heteroatoms. The Bertz CT molecular complexity index is 688. The predicted molar refractivity (Wildman–Crippen MR) is 75.1 cm³/mol. The number of Topliss-reactive ketones (excluding diaryl/α,β-unsaturated/α-hetero) is 1. The molecule has 0 spiro atoms. The normalized spacial score (nSPS) is 22.1. The third-order valence-electron chi connectivity index (χ3n) is 3.03. The zero-order valence-electron chi connectivity index (χ0n) is 9.31. The first-order chi connectivity index (χ1) is 9.02. The summed E-state index contributed by atoms with van der Waals surface area (Å²) in [7, 11) is 0. The number of ketones is 1. The van der Waals surface area contributed by atoms with Crippen molar-refractivity contribution in [1.29, 1.82) is 0 Å². The molecule has 0 saturated heterocycles. The maximum absolute atomic E-state index is 12.3. The minimum atomic E-state index is -0.901. The van der Waals surface area contributed by atoms with E-state index in [0.717, 1.165) is 0 Å². The van der Waals surface area contributed by atoms with Gasteiger partial charge in [-0.1, -0.05) is 24.3 Å². The Morgan fingerprint density at radius 1 is 1.11 bits per heavy atom. The van der Waals surface area contributed by atoms with Crippen molar-refractivity contribution in [2.24, 2.45) is 0 Å². The van der Waals surface area contributed by atoms with Crippen molar-refractivity contribution in [2.75, 3.05) is 0 Å². The molecular formula is C13H6Br2O4. The average Bonchev–Trinajstić information content (AvgIpc) is 2.80. The molecule has 2 aliphatic rings. The summed E-state index contributed by atoms with van der Waals surface area (Å²) in [5.74, 6) is -1.04. The highest BCUT2D eigenvalue weighted by atomic mass is 79.9. The second-order valence-corrected chi connectivity index (χ2v) is 5.73. The summed E-state index contributed by atoms with van der Waals surface area (Å²) in [4.78, 5) is 23.8. The predicted octanol–water partition coefficient (Wildman–Crippen LogP) is 3.08. The number of halogens is 2. The second-order valence-electron chi connectivity index (χ2n) is 4.08. The number of aliphatic hydroxyl groups excluding tert-OH is 1. The average molecular weight is 386 g/mol. The van der Waals surface area contributed by atoms with Crippen LogP contribution in [-0.4, -0.2) is 23.0 Å². The van der Waals surface area contributed by atoms with Crippen LogP contribution in [0.1, 0.15) is 15.9 Å². The van der Waals surface area contributed by atoms with E-state index in [4.69, 9.17) is 4.74 Å². The number of carbonyl (C=O) groups is 2. The molecule has 1 aliphatic carbocycles. The van der Waals surface area contributed by atoms with Gasteiger partial charge in [0.1, 0.15) is 10.2 Å². The second kappa shape index (κ2) is 4.31. The van der Waals surface area contributed by atoms with Gasteiger partial charge in [0.15, 0.2) is 11.9 Å². The maximum Gasteiger partial charge on any atom is 0.347 e. The highest BCUT2D eigenvalue weighted by molar-refractivity contribution is 9.14. The van der Waals surface area contributed by atoms with Crippen LogP contribution >= 0.6 is 31.9 Å². The topological polar surface area (TPSA) is 63.6 Å². The molecule has 0 bridgehead atoms. The Balaban J connectivity index is 2.13. The maximum atomic E-state index is 12.3. The van der Waals surface area contributed by atoms with Crippen LogP contribution in [0.25, 0.3) is 5.76 Å². The molecular weight excluding hydrogens is 380 g/mol. The molecule has 0 aromatic heterocycles. The van der Waals surface area contributed by atoms with Gasteiger partial charge in [-0.2, -0.15) is 0 Å². The van der Waals surface area contributed by atoms with Gasteiger partial charge in [0.05, 0.1) is 10.1 Å². The van der Waals surface area contributed by atoms with E-state index in [-0.39, 0.29) is 21.6 Å². The van der Waals surface area contributed by atoms with E-state index in [0.29, 0.717) is 15.6 Å². The zero-order valence-corrected chi connectivity index (χ0v) is 12.5. The van der Waals surface area contributed by atoms with Crippen LogP contribution in [0, 0.1) is 0 Å². The lowest BCUT2D eigenvalue weighted by atomic mass is 10.1. The summed E-state index contributed by atoms with van der Waals surface area (Å²) in [6.07, 6.45) is -0.901. The summed E-state index contributed by atoms with van der Waals surface area (Å²) in [5.41, 5.74) is 0.951. The Kier molecular flexibility index (Phi) is 2.87. The highest BCUT2D eigenvalue weighted by Crippen LogP contribution is 2.41. The monoisotopic (exact) mass is 384 g/mol. The van der Waals surface area contributed by atoms with Gasteiger partial charge in [0.25, 0.3) is 0 Å². The van der Waals surface area contributed by atoms with Gasteiger partial charge in [0.2, 0.25) is 0 Å².